The summed E-state index contributed by atoms with van der Waals surface area (Å²) in [4.78, 5) is 2.90. The van der Waals surface area contributed by atoms with Crippen LogP contribution in [-0.4, -0.2) is 50.3 Å². The Balaban J connectivity index is 1.56. The number of piperidine rings is 2. The Hall–Kier alpha value is -0.620. The molecule has 4 nitrogen and oxygen atoms in total. The molecule has 3 rings (SSSR count). The molecule has 1 aromatic rings. The molecule has 2 heterocycles. The molecule has 6 heteroatoms. The first kappa shape index (κ1) is 17.2. The van der Waals surface area contributed by atoms with Crippen LogP contribution in [-0.2, 0) is 10.0 Å². The van der Waals surface area contributed by atoms with Crippen molar-refractivity contribution in [1.29, 1.82) is 0 Å². The van der Waals surface area contributed by atoms with Gasteiger partial charge in [-0.2, -0.15) is 4.31 Å². The van der Waals surface area contributed by atoms with E-state index in [0.717, 1.165) is 19.4 Å². The summed E-state index contributed by atoms with van der Waals surface area (Å²) in [5.74, 6) is 0.629. The van der Waals surface area contributed by atoms with Crippen molar-refractivity contribution in [1.82, 2.24) is 9.21 Å². The highest BCUT2D eigenvalue weighted by atomic mass is 35.5. The Bertz CT molecular complexity index is 604. The molecule has 0 saturated carbocycles. The van der Waals surface area contributed by atoms with Crippen molar-refractivity contribution >= 4 is 21.6 Å². The molecule has 0 spiro atoms. The fourth-order valence-electron chi connectivity index (χ4n) is 3.59. The van der Waals surface area contributed by atoms with E-state index in [2.05, 4.69) is 4.90 Å². The van der Waals surface area contributed by atoms with Crippen molar-refractivity contribution in [2.24, 2.45) is 5.92 Å². The number of likely N-dealkylation sites (tertiary alicyclic amines) is 1. The minimum Gasteiger partial charge on any atom is -0.303 e. The number of hydrogen-bond donors (Lipinski definition) is 0. The fraction of sp³-hybridized carbons (Fsp3) is 0.647. The molecule has 128 valence electrons. The van der Waals surface area contributed by atoms with Crippen molar-refractivity contribution in [3.05, 3.63) is 29.3 Å². The number of sulfonamides is 1. The Labute approximate surface area is 144 Å². The van der Waals surface area contributed by atoms with E-state index in [1.54, 1.807) is 28.6 Å². The molecule has 2 aliphatic rings. The zero-order chi connectivity index (χ0) is 16.3. The van der Waals surface area contributed by atoms with Gasteiger partial charge in [-0.05, 0) is 69.0 Å². The average Bonchev–Trinajstić information content (AvgIpc) is 2.57. The molecule has 2 fully saturated rings. The molecule has 0 amide bonds. The van der Waals surface area contributed by atoms with Crippen LogP contribution in [0.5, 0.6) is 0 Å². The van der Waals surface area contributed by atoms with Crippen LogP contribution < -0.4 is 0 Å². The molecule has 0 N–H and O–H groups in total. The molecule has 2 saturated heterocycles. The van der Waals surface area contributed by atoms with Crippen LogP contribution in [0.1, 0.15) is 32.1 Å². The van der Waals surface area contributed by atoms with Crippen molar-refractivity contribution in [3.63, 3.8) is 0 Å². The molecule has 23 heavy (non-hydrogen) atoms. The first-order chi connectivity index (χ1) is 11.1. The quantitative estimate of drug-likeness (QED) is 0.831. The third-order valence-corrected chi connectivity index (χ3v) is 7.15. The molecule has 0 aromatic heterocycles. The Morgan fingerprint density at radius 2 is 1.57 bits per heavy atom. The van der Waals surface area contributed by atoms with Gasteiger partial charge >= 0.3 is 0 Å². The van der Waals surface area contributed by atoms with Crippen molar-refractivity contribution < 1.29 is 8.42 Å². The molecule has 0 aliphatic carbocycles. The minimum atomic E-state index is -3.37. The molecule has 0 atom stereocenters. The van der Waals surface area contributed by atoms with E-state index in [0.29, 0.717) is 28.9 Å². The lowest BCUT2D eigenvalue weighted by molar-refractivity contribution is 0.161. The zero-order valence-electron chi connectivity index (χ0n) is 13.5. The van der Waals surface area contributed by atoms with Crippen LogP contribution in [0.25, 0.3) is 0 Å². The molecule has 0 unspecified atom stereocenters. The second kappa shape index (κ2) is 7.51. The predicted molar refractivity (Wildman–Crippen MR) is 93.2 cm³/mol. The maximum absolute atomic E-state index is 12.7. The monoisotopic (exact) mass is 356 g/mol. The van der Waals surface area contributed by atoms with Gasteiger partial charge < -0.3 is 4.90 Å². The Morgan fingerprint density at radius 3 is 2.17 bits per heavy atom. The lowest BCUT2D eigenvalue weighted by atomic mass is 9.96. The molecule has 0 radical (unpaired) electrons. The molecular formula is C17H25ClN2O2S. The highest BCUT2D eigenvalue weighted by molar-refractivity contribution is 7.89. The standard InChI is InChI=1S/C17H25ClN2O2S/c18-16-4-6-17(7-5-16)23(21,22)20-12-8-15(9-13-20)14-19-10-2-1-3-11-19/h4-7,15H,1-3,8-14H2. The zero-order valence-corrected chi connectivity index (χ0v) is 15.0. The minimum absolute atomic E-state index is 0.344. The third-order valence-electron chi connectivity index (χ3n) is 4.99. The van der Waals surface area contributed by atoms with E-state index in [9.17, 15) is 8.42 Å². The summed E-state index contributed by atoms with van der Waals surface area (Å²) in [5.41, 5.74) is 0. The number of rotatable bonds is 4. The maximum atomic E-state index is 12.7. The molecule has 2 aliphatic heterocycles. The van der Waals surface area contributed by atoms with E-state index in [4.69, 9.17) is 11.6 Å². The van der Waals surface area contributed by atoms with Crippen molar-refractivity contribution in [2.75, 3.05) is 32.7 Å². The highest BCUT2D eigenvalue weighted by Crippen LogP contribution is 2.26. The van der Waals surface area contributed by atoms with Gasteiger partial charge in [-0.25, -0.2) is 8.42 Å². The van der Waals surface area contributed by atoms with E-state index < -0.39 is 10.0 Å². The second-order valence-corrected chi connectivity index (χ2v) is 9.04. The summed E-state index contributed by atoms with van der Waals surface area (Å²) in [6.07, 6.45) is 5.90. The van der Waals surface area contributed by atoms with Crippen LogP contribution in [0, 0.1) is 5.92 Å². The summed E-state index contributed by atoms with van der Waals surface area (Å²) in [5, 5.41) is 0.559. The summed E-state index contributed by atoms with van der Waals surface area (Å²) < 4.78 is 27.0. The van der Waals surface area contributed by atoms with Crippen molar-refractivity contribution in [3.8, 4) is 0 Å². The number of nitrogens with zero attached hydrogens (tertiary/aromatic N) is 2. The normalized spacial score (nSPS) is 22.3. The smallest absolute Gasteiger partial charge is 0.243 e. The van der Waals surface area contributed by atoms with E-state index >= 15 is 0 Å². The third kappa shape index (κ3) is 4.27. The van der Waals surface area contributed by atoms with Crippen LogP contribution in [0.2, 0.25) is 5.02 Å². The van der Waals surface area contributed by atoms with Crippen LogP contribution >= 0.6 is 11.6 Å². The van der Waals surface area contributed by atoms with Crippen LogP contribution in [0.4, 0.5) is 0 Å². The molecule has 1 aromatic carbocycles. The molecular weight excluding hydrogens is 332 g/mol. The highest BCUT2D eigenvalue weighted by Gasteiger charge is 2.30. The number of hydrogen-bond acceptors (Lipinski definition) is 3. The summed E-state index contributed by atoms with van der Waals surface area (Å²) >= 11 is 5.85. The molecule has 0 bridgehead atoms. The largest absolute Gasteiger partial charge is 0.303 e. The van der Waals surface area contributed by atoms with Gasteiger partial charge in [0.25, 0.3) is 0 Å². The van der Waals surface area contributed by atoms with Crippen LogP contribution in [0.3, 0.4) is 0 Å². The van der Waals surface area contributed by atoms with Gasteiger partial charge in [-0.15, -0.1) is 0 Å². The van der Waals surface area contributed by atoms with E-state index in [-0.39, 0.29) is 0 Å². The number of benzene rings is 1. The summed E-state index contributed by atoms with van der Waals surface area (Å²) in [6, 6.07) is 6.46. The van der Waals surface area contributed by atoms with E-state index in [1.807, 2.05) is 0 Å². The predicted octanol–water partition coefficient (Wildman–Crippen LogP) is 3.23. The maximum Gasteiger partial charge on any atom is 0.243 e. The van der Waals surface area contributed by atoms with E-state index in [1.165, 1.54) is 32.4 Å². The lowest BCUT2D eigenvalue weighted by Gasteiger charge is -2.35. The first-order valence-corrected chi connectivity index (χ1v) is 10.4. The summed E-state index contributed by atoms with van der Waals surface area (Å²) in [7, 11) is -3.37. The van der Waals surface area contributed by atoms with Crippen LogP contribution in [0.15, 0.2) is 29.2 Å². The van der Waals surface area contributed by atoms with Gasteiger partial charge in [0.1, 0.15) is 0 Å². The first-order valence-electron chi connectivity index (χ1n) is 8.54. The Kier molecular flexibility index (Phi) is 5.62. The number of halogens is 1. The summed E-state index contributed by atoms with van der Waals surface area (Å²) in [6.45, 7) is 4.81. The van der Waals surface area contributed by atoms with Gasteiger partial charge in [0.15, 0.2) is 0 Å². The SMILES string of the molecule is O=S(=O)(c1ccc(Cl)cc1)N1CCC(CN2CCCCC2)CC1. The van der Waals surface area contributed by atoms with Gasteiger partial charge in [0.05, 0.1) is 4.90 Å². The van der Waals surface area contributed by atoms with Gasteiger partial charge in [-0.3, -0.25) is 0 Å². The fourth-order valence-corrected chi connectivity index (χ4v) is 5.19. The Morgan fingerprint density at radius 1 is 0.957 bits per heavy atom. The average molecular weight is 357 g/mol. The van der Waals surface area contributed by atoms with Crippen molar-refractivity contribution in [2.45, 2.75) is 37.0 Å². The second-order valence-electron chi connectivity index (χ2n) is 6.66. The lowest BCUT2D eigenvalue weighted by Crippen LogP contribution is -2.42. The topological polar surface area (TPSA) is 40.6 Å². The van der Waals surface area contributed by atoms with Gasteiger partial charge in [-0.1, -0.05) is 18.0 Å². The van der Waals surface area contributed by atoms with Gasteiger partial charge in [0, 0.05) is 24.7 Å². The van der Waals surface area contributed by atoms with Gasteiger partial charge in [0.2, 0.25) is 10.0 Å².